The molecule has 1 aliphatic rings. The molecule has 1 saturated heterocycles. The molecule has 206 valence electrons. The van der Waals surface area contributed by atoms with E-state index < -0.39 is 5.56 Å². The molecule has 5 rings (SSSR count). The minimum absolute atomic E-state index is 0.0356. The third-order valence-electron chi connectivity index (χ3n) is 7.14. The number of para-hydroxylation sites is 4. The number of aromatic nitrogens is 2. The van der Waals surface area contributed by atoms with Crippen LogP contribution in [0.25, 0.3) is 11.4 Å². The van der Waals surface area contributed by atoms with E-state index >= 15 is 0 Å². The number of likely N-dealkylation sites (tertiary alicyclic amines) is 1. The van der Waals surface area contributed by atoms with E-state index in [0.717, 1.165) is 32.5 Å². The van der Waals surface area contributed by atoms with Crippen LogP contribution >= 0.6 is 12.2 Å². The number of benzene rings is 3. The van der Waals surface area contributed by atoms with Crippen LogP contribution in [0.2, 0.25) is 0 Å². The van der Waals surface area contributed by atoms with E-state index in [-0.39, 0.29) is 22.3 Å². The predicted octanol–water partition coefficient (Wildman–Crippen LogP) is 5.16. The number of rotatable bonds is 8. The van der Waals surface area contributed by atoms with Gasteiger partial charge in [0.25, 0.3) is 5.56 Å². The molecule has 0 spiro atoms. The quantitative estimate of drug-likeness (QED) is 0.238. The first-order valence-electron chi connectivity index (χ1n) is 13.2. The summed E-state index contributed by atoms with van der Waals surface area (Å²) in [5, 5.41) is 11.5. The molecule has 9 heteroatoms. The number of hydrogen-bond donors (Lipinski definition) is 1. The van der Waals surface area contributed by atoms with Crippen LogP contribution in [0.4, 0.5) is 0 Å². The summed E-state index contributed by atoms with van der Waals surface area (Å²) in [4.78, 5) is 21.1. The summed E-state index contributed by atoms with van der Waals surface area (Å²) in [7, 11) is 3.08. The standard InChI is InChI=1S/C31H32N4O4S/c1-38-27-14-8-6-12-25(27)34-29(36)24(30(37)35(31(34)40)26-13-7-9-15-28(26)39-2)20-32-23-16-18-33(19-17-23)21-22-10-4-3-5-11-22/h3-15,20,23,36H,16-19,21H2,1-2H3. The van der Waals surface area contributed by atoms with Gasteiger partial charge >= 0.3 is 0 Å². The van der Waals surface area contributed by atoms with Gasteiger partial charge in [0.05, 0.1) is 31.6 Å². The molecule has 1 N–H and O–H groups in total. The highest BCUT2D eigenvalue weighted by molar-refractivity contribution is 7.71. The van der Waals surface area contributed by atoms with Crippen LogP contribution < -0.4 is 15.0 Å². The van der Waals surface area contributed by atoms with E-state index in [1.54, 1.807) is 37.4 Å². The fourth-order valence-electron chi connectivity index (χ4n) is 5.03. The number of aromatic hydroxyl groups is 1. The van der Waals surface area contributed by atoms with Crippen LogP contribution in [0.1, 0.15) is 24.0 Å². The second kappa shape index (κ2) is 12.3. The molecular weight excluding hydrogens is 524 g/mol. The Kier molecular flexibility index (Phi) is 8.42. The Labute approximate surface area is 238 Å². The lowest BCUT2D eigenvalue weighted by atomic mass is 10.0. The first-order valence-corrected chi connectivity index (χ1v) is 13.6. The van der Waals surface area contributed by atoms with Crippen molar-refractivity contribution in [3.63, 3.8) is 0 Å². The minimum atomic E-state index is -0.483. The topological polar surface area (TPSA) is 81.2 Å². The number of methoxy groups -OCH3 is 2. The summed E-state index contributed by atoms with van der Waals surface area (Å²) in [5.74, 6) is 0.672. The molecule has 0 saturated carbocycles. The van der Waals surface area contributed by atoms with Crippen LogP contribution in [0.3, 0.4) is 0 Å². The Morgan fingerprint density at radius 3 is 2.02 bits per heavy atom. The third-order valence-corrected chi connectivity index (χ3v) is 7.51. The second-order valence-corrected chi connectivity index (χ2v) is 9.98. The molecule has 1 aliphatic heterocycles. The molecule has 40 heavy (non-hydrogen) atoms. The fraction of sp³-hybridized carbons (Fsp3) is 0.258. The Bertz CT molecular complexity index is 1620. The zero-order chi connectivity index (χ0) is 28.1. The fourth-order valence-corrected chi connectivity index (χ4v) is 5.40. The average Bonchev–Trinajstić information content (AvgIpc) is 2.99. The first-order chi connectivity index (χ1) is 19.5. The van der Waals surface area contributed by atoms with Gasteiger partial charge in [0.15, 0.2) is 4.77 Å². The van der Waals surface area contributed by atoms with Gasteiger partial charge in [-0.25, -0.2) is 4.57 Å². The highest BCUT2D eigenvalue weighted by Gasteiger charge is 2.23. The van der Waals surface area contributed by atoms with E-state index in [4.69, 9.17) is 26.7 Å². The monoisotopic (exact) mass is 556 g/mol. The van der Waals surface area contributed by atoms with Gasteiger partial charge in [-0.05, 0) is 54.9 Å². The number of aliphatic imine (C=N–C) groups is 1. The lowest BCUT2D eigenvalue weighted by molar-refractivity contribution is 0.206. The van der Waals surface area contributed by atoms with E-state index in [9.17, 15) is 9.90 Å². The molecule has 0 bridgehead atoms. The van der Waals surface area contributed by atoms with Crippen LogP contribution in [-0.2, 0) is 6.54 Å². The van der Waals surface area contributed by atoms with Gasteiger partial charge in [0.1, 0.15) is 17.1 Å². The van der Waals surface area contributed by atoms with Crippen LogP contribution in [0.15, 0.2) is 88.6 Å². The van der Waals surface area contributed by atoms with Crippen molar-refractivity contribution in [2.45, 2.75) is 25.4 Å². The number of piperidine rings is 1. The van der Waals surface area contributed by atoms with Crippen molar-refractivity contribution >= 4 is 18.4 Å². The smallest absolute Gasteiger partial charge is 0.271 e. The van der Waals surface area contributed by atoms with E-state index in [2.05, 4.69) is 29.2 Å². The van der Waals surface area contributed by atoms with Crippen molar-refractivity contribution in [2.24, 2.45) is 4.99 Å². The molecular formula is C31H32N4O4S. The molecule has 0 amide bonds. The molecule has 8 nitrogen and oxygen atoms in total. The molecule has 0 unspecified atom stereocenters. The SMILES string of the molecule is COc1ccccc1-n1c(O)c(C=NC2CCN(Cc3ccccc3)CC2)c(=O)n(-c2ccccc2OC)c1=S. The maximum atomic E-state index is 13.9. The normalized spacial score (nSPS) is 14.4. The summed E-state index contributed by atoms with van der Waals surface area (Å²) in [6.45, 7) is 2.71. The van der Waals surface area contributed by atoms with Crippen molar-refractivity contribution in [3.05, 3.63) is 105 Å². The van der Waals surface area contributed by atoms with Crippen LogP contribution in [-0.4, -0.2) is 58.7 Å². The Hall–Kier alpha value is -4.21. The van der Waals surface area contributed by atoms with Crippen molar-refractivity contribution in [1.82, 2.24) is 14.0 Å². The van der Waals surface area contributed by atoms with Crippen molar-refractivity contribution in [1.29, 1.82) is 0 Å². The van der Waals surface area contributed by atoms with Crippen molar-refractivity contribution in [2.75, 3.05) is 27.3 Å². The Balaban J connectivity index is 1.53. The summed E-state index contributed by atoms with van der Waals surface area (Å²) in [6, 6.07) is 24.8. The largest absolute Gasteiger partial charge is 0.495 e. The molecule has 1 fully saturated rings. The second-order valence-electron chi connectivity index (χ2n) is 9.61. The number of hydrogen-bond acceptors (Lipinski definition) is 7. The molecule has 1 aromatic heterocycles. The van der Waals surface area contributed by atoms with Gasteiger partial charge in [-0.3, -0.25) is 19.3 Å². The van der Waals surface area contributed by atoms with Gasteiger partial charge in [0, 0.05) is 25.8 Å². The van der Waals surface area contributed by atoms with E-state index in [1.165, 1.54) is 28.0 Å². The summed E-state index contributed by atoms with van der Waals surface area (Å²) < 4.78 is 14.0. The predicted molar refractivity (Wildman–Crippen MR) is 159 cm³/mol. The zero-order valence-corrected chi connectivity index (χ0v) is 23.4. The lowest BCUT2D eigenvalue weighted by Gasteiger charge is -2.30. The summed E-state index contributed by atoms with van der Waals surface area (Å²) in [5.41, 5.74) is 1.81. The van der Waals surface area contributed by atoms with Gasteiger partial charge < -0.3 is 14.6 Å². The highest BCUT2D eigenvalue weighted by Crippen LogP contribution is 2.30. The van der Waals surface area contributed by atoms with E-state index in [1.807, 2.05) is 24.3 Å². The number of nitrogens with zero attached hydrogens (tertiary/aromatic N) is 4. The number of ether oxygens (including phenoxy) is 2. The average molecular weight is 557 g/mol. The van der Waals surface area contributed by atoms with Crippen LogP contribution in [0.5, 0.6) is 17.4 Å². The zero-order valence-electron chi connectivity index (χ0n) is 22.6. The van der Waals surface area contributed by atoms with Crippen molar-refractivity contribution < 1.29 is 14.6 Å². The molecule has 0 aliphatic carbocycles. The molecule has 2 heterocycles. The maximum Gasteiger partial charge on any atom is 0.271 e. The van der Waals surface area contributed by atoms with Gasteiger partial charge in [-0.15, -0.1) is 0 Å². The molecule has 0 atom stereocenters. The lowest BCUT2D eigenvalue weighted by Crippen LogP contribution is -2.35. The van der Waals surface area contributed by atoms with Gasteiger partial charge in [0.2, 0.25) is 5.88 Å². The Morgan fingerprint density at radius 2 is 1.43 bits per heavy atom. The molecule has 0 radical (unpaired) electrons. The Morgan fingerprint density at radius 1 is 0.875 bits per heavy atom. The summed E-state index contributed by atoms with van der Waals surface area (Å²) >= 11 is 5.79. The van der Waals surface area contributed by atoms with E-state index in [0.29, 0.717) is 22.9 Å². The van der Waals surface area contributed by atoms with Crippen molar-refractivity contribution in [3.8, 4) is 28.8 Å². The maximum absolute atomic E-state index is 13.9. The molecule has 3 aromatic carbocycles. The molecule has 4 aromatic rings. The third kappa shape index (κ3) is 5.57. The summed E-state index contributed by atoms with van der Waals surface area (Å²) in [6.07, 6.45) is 3.20. The van der Waals surface area contributed by atoms with Gasteiger partial charge in [-0.2, -0.15) is 0 Å². The highest BCUT2D eigenvalue weighted by atomic mass is 32.1. The first kappa shape index (κ1) is 27.4. The van der Waals surface area contributed by atoms with Gasteiger partial charge in [-0.1, -0.05) is 54.6 Å². The van der Waals surface area contributed by atoms with Crippen LogP contribution in [0, 0.1) is 4.77 Å². The minimum Gasteiger partial charge on any atom is -0.495 e.